The Morgan fingerprint density at radius 2 is 1.37 bits per heavy atom. The van der Waals surface area contributed by atoms with Crippen molar-refractivity contribution in [1.82, 2.24) is 0 Å². The van der Waals surface area contributed by atoms with Gasteiger partial charge in [-0.05, 0) is 27.2 Å². The van der Waals surface area contributed by atoms with Crippen LogP contribution in [-0.4, -0.2) is 92.1 Å². The van der Waals surface area contributed by atoms with Crippen molar-refractivity contribution in [3.8, 4) is 0 Å². The quantitative estimate of drug-likeness (QED) is 0.153. The highest BCUT2D eigenvalue weighted by molar-refractivity contribution is 7.47. The van der Waals surface area contributed by atoms with Gasteiger partial charge in [-0.1, -0.05) is 0 Å². The summed E-state index contributed by atoms with van der Waals surface area (Å²) in [5, 5.41) is 0. The van der Waals surface area contributed by atoms with E-state index in [0.29, 0.717) is 49.9 Å². The zero-order valence-corrected chi connectivity index (χ0v) is 19.7. The first-order valence-corrected chi connectivity index (χ1v) is 12.9. The second-order valence-electron chi connectivity index (χ2n) is 6.85. The molecule has 0 spiro atoms. The Morgan fingerprint density at radius 1 is 0.852 bits per heavy atom. The van der Waals surface area contributed by atoms with Gasteiger partial charge >= 0.3 is 16.6 Å². The minimum absolute atomic E-state index is 0.0108. The van der Waals surface area contributed by atoms with Gasteiger partial charge in [-0.25, -0.2) is 4.57 Å². The molecule has 27 heavy (non-hydrogen) atoms. The molecule has 0 aliphatic heterocycles. The third-order valence-electron chi connectivity index (χ3n) is 3.36. The van der Waals surface area contributed by atoms with Crippen molar-refractivity contribution in [3.63, 3.8) is 0 Å². The van der Waals surface area contributed by atoms with Crippen molar-refractivity contribution >= 4 is 16.6 Å². The highest BCUT2D eigenvalue weighted by atomic mass is 31.2. The van der Waals surface area contributed by atoms with E-state index in [1.54, 1.807) is 0 Å². The van der Waals surface area contributed by atoms with E-state index in [4.69, 9.17) is 27.1 Å². The minimum Gasteiger partial charge on any atom is -0.379 e. The first kappa shape index (κ1) is 27.1. The van der Waals surface area contributed by atoms with Crippen LogP contribution < -0.4 is 0 Å². The van der Waals surface area contributed by atoms with Gasteiger partial charge in [-0.3, -0.25) is 9.05 Å². The van der Waals surface area contributed by atoms with Crippen molar-refractivity contribution in [3.05, 3.63) is 0 Å². The monoisotopic (exact) mass is 432 g/mol. The number of phosphoric acid groups is 1. The van der Waals surface area contributed by atoms with Crippen LogP contribution in [0.3, 0.4) is 0 Å². The van der Waals surface area contributed by atoms with Gasteiger partial charge < -0.3 is 27.4 Å². The summed E-state index contributed by atoms with van der Waals surface area (Å²) in [7, 11) is -0.754. The second kappa shape index (κ2) is 14.2. The molecule has 0 aliphatic carbocycles. The molecule has 0 saturated carbocycles. The Labute approximate surface area is 165 Å². The van der Waals surface area contributed by atoms with E-state index in [0.717, 1.165) is 0 Å². The Kier molecular flexibility index (Phi) is 14.2. The molecule has 0 aromatic carbocycles. The topological polar surface area (TPSA) is 92.7 Å². The highest BCUT2D eigenvalue weighted by Crippen LogP contribution is 2.42. The van der Waals surface area contributed by atoms with Gasteiger partial charge in [-0.15, -0.1) is 0 Å². The predicted molar refractivity (Wildman–Crippen MR) is 106 cm³/mol. The third-order valence-corrected chi connectivity index (χ3v) is 7.53. The Bertz CT molecular complexity index is 405. The SMILES string of the molecule is CCO[Si](CCCOCCOP(=O)(O)OCC[N+](C)(C)C)(OCC)OCC. The summed E-state index contributed by atoms with van der Waals surface area (Å²) in [4.78, 5) is 9.60. The van der Waals surface area contributed by atoms with Gasteiger partial charge in [0.05, 0.1) is 34.4 Å². The number of likely N-dealkylation sites (N-methyl/N-ethyl adjacent to an activating group) is 1. The standard InChI is InChI=1S/C16H38NO8PSi/c1-7-23-27(24-8-2,25-9-3)16-10-12-20-14-15-22-26(18,19)21-13-11-17(4,5)6/h7-16H2,1-6H3/p+1. The van der Waals surface area contributed by atoms with E-state index in [9.17, 15) is 9.46 Å². The maximum absolute atomic E-state index is 11.7. The normalized spacial score (nSPS) is 15.1. The largest absolute Gasteiger partial charge is 0.501 e. The molecule has 11 heteroatoms. The molecular weight excluding hydrogens is 393 g/mol. The summed E-state index contributed by atoms with van der Waals surface area (Å²) in [6.45, 7) is 8.80. The van der Waals surface area contributed by atoms with E-state index in [-0.39, 0.29) is 19.8 Å². The molecule has 0 heterocycles. The number of phosphoric ester groups is 1. The molecule has 9 nitrogen and oxygen atoms in total. The van der Waals surface area contributed by atoms with E-state index < -0.39 is 16.6 Å². The molecule has 0 aromatic heterocycles. The molecular formula is C16H39NO8PSi+. The molecule has 0 saturated heterocycles. The van der Waals surface area contributed by atoms with Crippen molar-refractivity contribution < 1.29 is 41.0 Å². The number of rotatable bonds is 18. The maximum Gasteiger partial charge on any atom is 0.501 e. The van der Waals surface area contributed by atoms with Gasteiger partial charge in [0, 0.05) is 32.5 Å². The molecule has 0 rings (SSSR count). The number of hydrogen-bond donors (Lipinski definition) is 1. The fourth-order valence-electron chi connectivity index (χ4n) is 2.17. The van der Waals surface area contributed by atoms with Crippen LogP contribution in [-0.2, 0) is 31.6 Å². The average Bonchev–Trinajstić information content (AvgIpc) is 2.53. The second-order valence-corrected chi connectivity index (χ2v) is 11.0. The fourth-order valence-corrected chi connectivity index (χ4v) is 5.44. The van der Waals surface area contributed by atoms with Crippen molar-refractivity contribution in [2.45, 2.75) is 33.2 Å². The van der Waals surface area contributed by atoms with E-state index in [2.05, 4.69) is 0 Å². The molecule has 164 valence electrons. The number of hydrogen-bond acceptors (Lipinski definition) is 7. The fraction of sp³-hybridized carbons (Fsp3) is 1.00. The number of quaternary nitrogens is 1. The van der Waals surface area contributed by atoms with E-state index in [1.165, 1.54) is 0 Å². The number of ether oxygens (including phenoxy) is 1. The van der Waals surface area contributed by atoms with E-state index >= 15 is 0 Å². The van der Waals surface area contributed by atoms with Crippen LogP contribution in [0, 0.1) is 0 Å². The molecule has 1 unspecified atom stereocenters. The Morgan fingerprint density at radius 3 is 1.85 bits per heavy atom. The van der Waals surface area contributed by atoms with Gasteiger partial charge in [0.2, 0.25) is 0 Å². The lowest BCUT2D eigenvalue weighted by atomic mass is 10.5. The molecule has 0 aromatic rings. The molecule has 1 N–H and O–H groups in total. The van der Waals surface area contributed by atoms with Gasteiger partial charge in [-0.2, -0.15) is 0 Å². The number of nitrogens with zero attached hydrogens (tertiary/aromatic N) is 1. The summed E-state index contributed by atoms with van der Waals surface area (Å²) in [5.74, 6) is 0. The van der Waals surface area contributed by atoms with Crippen molar-refractivity contribution in [2.24, 2.45) is 0 Å². The van der Waals surface area contributed by atoms with Crippen LogP contribution in [0.4, 0.5) is 0 Å². The summed E-state index contributed by atoms with van der Waals surface area (Å²) in [5.41, 5.74) is 0. The minimum atomic E-state index is -4.03. The molecule has 0 amide bonds. The average molecular weight is 433 g/mol. The summed E-state index contributed by atoms with van der Waals surface area (Å²) < 4.78 is 45.0. The zero-order chi connectivity index (χ0) is 20.8. The van der Waals surface area contributed by atoms with Gasteiger partial charge in [0.1, 0.15) is 13.2 Å². The third kappa shape index (κ3) is 14.7. The molecule has 1 atom stereocenters. The molecule has 0 aliphatic rings. The zero-order valence-electron chi connectivity index (χ0n) is 17.8. The maximum atomic E-state index is 11.7. The lowest BCUT2D eigenvalue weighted by Gasteiger charge is -2.28. The lowest BCUT2D eigenvalue weighted by Crippen LogP contribution is -2.46. The smallest absolute Gasteiger partial charge is 0.379 e. The van der Waals surface area contributed by atoms with Gasteiger partial charge in [0.25, 0.3) is 0 Å². The highest BCUT2D eigenvalue weighted by Gasteiger charge is 2.39. The summed E-state index contributed by atoms with van der Waals surface area (Å²) in [6.07, 6.45) is 0.711. The van der Waals surface area contributed by atoms with Crippen LogP contribution in [0.1, 0.15) is 27.2 Å². The molecule has 0 fully saturated rings. The van der Waals surface area contributed by atoms with Gasteiger partial charge in [0.15, 0.2) is 0 Å². The Hall–Kier alpha value is 0.127. The van der Waals surface area contributed by atoms with Crippen LogP contribution in [0.25, 0.3) is 0 Å². The summed E-state index contributed by atoms with van der Waals surface area (Å²) in [6, 6.07) is 0.663. The molecule has 0 radical (unpaired) electrons. The first-order chi connectivity index (χ1) is 12.6. The van der Waals surface area contributed by atoms with Crippen molar-refractivity contribution in [2.75, 3.05) is 73.9 Å². The first-order valence-electron chi connectivity index (χ1n) is 9.51. The lowest BCUT2D eigenvalue weighted by molar-refractivity contribution is -0.870. The van der Waals surface area contributed by atoms with Crippen LogP contribution >= 0.6 is 7.82 Å². The molecule has 0 bridgehead atoms. The van der Waals surface area contributed by atoms with E-state index in [1.807, 2.05) is 41.9 Å². The van der Waals surface area contributed by atoms with Crippen molar-refractivity contribution in [1.29, 1.82) is 0 Å². The van der Waals surface area contributed by atoms with Crippen LogP contribution in [0.2, 0.25) is 6.04 Å². The summed E-state index contributed by atoms with van der Waals surface area (Å²) >= 11 is 0. The van der Waals surface area contributed by atoms with Crippen LogP contribution in [0.15, 0.2) is 0 Å². The predicted octanol–water partition coefficient (Wildman–Crippen LogP) is 2.28. The Balaban J connectivity index is 3.98. The van der Waals surface area contributed by atoms with Crippen LogP contribution in [0.5, 0.6) is 0 Å².